The maximum Gasteiger partial charge on any atom is 0.272 e. The monoisotopic (exact) mass is 629 g/mol. The second-order valence-corrected chi connectivity index (χ2v) is 11.2. The lowest BCUT2D eigenvalue weighted by Gasteiger charge is -2.17. The number of thioether (sulfide) groups is 1. The third-order valence-corrected chi connectivity index (χ3v) is 7.98. The number of anilines is 2. The maximum absolute atomic E-state index is 13.5. The van der Waals surface area contributed by atoms with Crippen molar-refractivity contribution < 1.29 is 23.9 Å². The van der Waals surface area contributed by atoms with Crippen LogP contribution in [-0.4, -0.2) is 37.2 Å². The van der Waals surface area contributed by atoms with Gasteiger partial charge in [-0.15, -0.1) is 11.8 Å². The fourth-order valence-electron chi connectivity index (χ4n) is 4.16. The molecular weight excluding hydrogens is 598 g/mol. The van der Waals surface area contributed by atoms with Crippen LogP contribution in [0, 0.1) is 0 Å². The highest BCUT2D eigenvalue weighted by Gasteiger charge is 2.21. The first kappa shape index (κ1) is 32.2. The number of hydrogen-bond acceptors (Lipinski definition) is 6. The Kier molecular flexibility index (Phi) is 11.5. The number of carbonyl (C=O) groups is 3. The Bertz CT molecular complexity index is 1660. The molecule has 0 fully saturated rings. The zero-order chi connectivity index (χ0) is 31.5. The van der Waals surface area contributed by atoms with E-state index in [1.54, 1.807) is 98.1 Å². The molecule has 0 radical (unpaired) electrons. The van der Waals surface area contributed by atoms with E-state index in [2.05, 4.69) is 16.0 Å². The molecule has 0 aliphatic heterocycles. The van der Waals surface area contributed by atoms with E-state index in [4.69, 9.17) is 21.1 Å². The Morgan fingerprint density at radius 2 is 1.64 bits per heavy atom. The summed E-state index contributed by atoms with van der Waals surface area (Å²) in [5, 5.41) is 8.56. The summed E-state index contributed by atoms with van der Waals surface area (Å²) in [6.07, 6.45) is 2.13. The number of ether oxygens (including phenoxy) is 2. The summed E-state index contributed by atoms with van der Waals surface area (Å²) in [6.45, 7) is 1.92. The highest BCUT2D eigenvalue weighted by Crippen LogP contribution is 2.32. The van der Waals surface area contributed by atoms with Gasteiger partial charge in [-0.3, -0.25) is 14.4 Å². The number of benzene rings is 4. The van der Waals surface area contributed by atoms with Gasteiger partial charge in [0.05, 0.1) is 25.2 Å². The van der Waals surface area contributed by atoms with Gasteiger partial charge in [0.1, 0.15) is 17.2 Å². The molecule has 10 heteroatoms. The van der Waals surface area contributed by atoms with Crippen LogP contribution < -0.4 is 25.4 Å². The first-order valence-electron chi connectivity index (χ1n) is 13.7. The van der Waals surface area contributed by atoms with Gasteiger partial charge in [0.15, 0.2) is 0 Å². The molecule has 1 atom stereocenters. The quantitative estimate of drug-likeness (QED) is 0.112. The van der Waals surface area contributed by atoms with Crippen LogP contribution >= 0.6 is 23.4 Å². The molecule has 8 nitrogen and oxygen atoms in total. The zero-order valence-corrected chi connectivity index (χ0v) is 26.0. The highest BCUT2D eigenvalue weighted by atomic mass is 35.5. The molecule has 0 aliphatic carbocycles. The van der Waals surface area contributed by atoms with Gasteiger partial charge < -0.3 is 25.4 Å². The van der Waals surface area contributed by atoms with Crippen molar-refractivity contribution in [3.63, 3.8) is 0 Å². The number of nitrogens with one attached hydrogen (secondary N) is 3. The first-order valence-corrected chi connectivity index (χ1v) is 15.0. The Hall–Kier alpha value is -4.73. The second-order valence-electron chi connectivity index (χ2n) is 9.49. The van der Waals surface area contributed by atoms with E-state index in [-0.39, 0.29) is 11.6 Å². The minimum atomic E-state index is -0.517. The molecular formula is C34H32ClN3O5S. The summed E-state index contributed by atoms with van der Waals surface area (Å²) in [5.74, 6) is -0.0329. The highest BCUT2D eigenvalue weighted by molar-refractivity contribution is 8.00. The van der Waals surface area contributed by atoms with Gasteiger partial charge in [-0.1, -0.05) is 54.9 Å². The summed E-state index contributed by atoms with van der Waals surface area (Å²) in [6, 6.07) is 28.0. The Balaban J connectivity index is 1.52. The standard InChI is InChI=1S/C34H32ClN3O5S/c1-4-31(34(41)37-28-20-24(35)16-17-30(28)43-3)44-27-15-9-13-25(21-27)36-33(40)29(19-22-10-8-14-26(18-22)42-2)38-32(39)23-11-6-5-7-12-23/h5-21,31H,4H2,1-3H3,(H,36,40)(H,37,41)(H,38,39)/b29-19-. The van der Waals surface area contributed by atoms with E-state index in [0.29, 0.717) is 45.4 Å². The summed E-state index contributed by atoms with van der Waals surface area (Å²) in [7, 11) is 3.08. The predicted octanol–water partition coefficient (Wildman–Crippen LogP) is 7.28. The van der Waals surface area contributed by atoms with Gasteiger partial charge in [-0.05, 0) is 78.7 Å². The molecule has 0 spiro atoms. The van der Waals surface area contributed by atoms with E-state index in [9.17, 15) is 14.4 Å². The maximum atomic E-state index is 13.5. The third-order valence-electron chi connectivity index (χ3n) is 6.39. The molecule has 44 heavy (non-hydrogen) atoms. The number of rotatable bonds is 12. The Morgan fingerprint density at radius 1 is 0.864 bits per heavy atom. The van der Waals surface area contributed by atoms with Crippen LogP contribution in [0.15, 0.2) is 108 Å². The molecule has 0 saturated heterocycles. The van der Waals surface area contributed by atoms with E-state index in [1.165, 1.54) is 18.9 Å². The van der Waals surface area contributed by atoms with Crippen molar-refractivity contribution >= 4 is 58.5 Å². The van der Waals surface area contributed by atoms with Crippen LogP contribution in [0.4, 0.5) is 11.4 Å². The van der Waals surface area contributed by atoms with Crippen molar-refractivity contribution in [3.05, 3.63) is 119 Å². The van der Waals surface area contributed by atoms with E-state index in [0.717, 1.165) is 4.90 Å². The van der Waals surface area contributed by atoms with Crippen molar-refractivity contribution in [1.82, 2.24) is 5.32 Å². The van der Waals surface area contributed by atoms with Gasteiger partial charge in [-0.2, -0.15) is 0 Å². The lowest BCUT2D eigenvalue weighted by molar-refractivity contribution is -0.116. The second kappa shape index (κ2) is 15.7. The number of amides is 3. The van der Waals surface area contributed by atoms with Crippen molar-refractivity contribution in [2.24, 2.45) is 0 Å². The largest absolute Gasteiger partial charge is 0.497 e. The minimum Gasteiger partial charge on any atom is -0.497 e. The molecule has 226 valence electrons. The summed E-state index contributed by atoms with van der Waals surface area (Å²) in [5.41, 5.74) is 2.11. The Labute approximate surface area is 265 Å². The van der Waals surface area contributed by atoms with Crippen LogP contribution in [0.3, 0.4) is 0 Å². The van der Waals surface area contributed by atoms with Crippen molar-refractivity contribution in [1.29, 1.82) is 0 Å². The van der Waals surface area contributed by atoms with Crippen molar-refractivity contribution in [2.45, 2.75) is 23.5 Å². The molecule has 4 rings (SSSR count). The van der Waals surface area contributed by atoms with Gasteiger partial charge in [0, 0.05) is 21.2 Å². The fraction of sp³-hybridized carbons (Fsp3) is 0.147. The normalized spacial score (nSPS) is 11.7. The molecule has 0 aliphatic rings. The summed E-state index contributed by atoms with van der Waals surface area (Å²) in [4.78, 5) is 40.4. The van der Waals surface area contributed by atoms with E-state index in [1.807, 2.05) is 19.1 Å². The molecule has 0 heterocycles. The molecule has 0 aromatic heterocycles. The molecule has 0 saturated carbocycles. The first-order chi connectivity index (χ1) is 21.3. The average Bonchev–Trinajstić information content (AvgIpc) is 3.04. The van der Waals surface area contributed by atoms with Crippen LogP contribution in [0.5, 0.6) is 11.5 Å². The molecule has 3 N–H and O–H groups in total. The van der Waals surface area contributed by atoms with Crippen LogP contribution in [-0.2, 0) is 9.59 Å². The molecule has 0 bridgehead atoms. The third kappa shape index (κ3) is 8.89. The van der Waals surface area contributed by atoms with E-state index >= 15 is 0 Å². The summed E-state index contributed by atoms with van der Waals surface area (Å²) < 4.78 is 10.6. The van der Waals surface area contributed by atoms with E-state index < -0.39 is 17.1 Å². The lowest BCUT2D eigenvalue weighted by atomic mass is 10.1. The van der Waals surface area contributed by atoms with Gasteiger partial charge in [0.25, 0.3) is 11.8 Å². The molecule has 3 amide bonds. The van der Waals surface area contributed by atoms with Gasteiger partial charge in [-0.25, -0.2) is 0 Å². The van der Waals surface area contributed by atoms with Crippen LogP contribution in [0.25, 0.3) is 6.08 Å². The number of hydrogen-bond donors (Lipinski definition) is 3. The average molecular weight is 630 g/mol. The fourth-order valence-corrected chi connectivity index (χ4v) is 5.35. The van der Waals surface area contributed by atoms with Gasteiger partial charge >= 0.3 is 0 Å². The Morgan fingerprint density at radius 3 is 2.36 bits per heavy atom. The van der Waals surface area contributed by atoms with Crippen molar-refractivity contribution in [3.8, 4) is 11.5 Å². The lowest BCUT2D eigenvalue weighted by Crippen LogP contribution is -2.30. The van der Waals surface area contributed by atoms with Crippen LogP contribution in [0.1, 0.15) is 29.3 Å². The SMILES string of the molecule is CCC(Sc1cccc(NC(=O)/C(=C/c2cccc(OC)c2)NC(=O)c2ccccc2)c1)C(=O)Nc1cc(Cl)ccc1OC. The van der Waals surface area contributed by atoms with Gasteiger partial charge in [0.2, 0.25) is 5.91 Å². The minimum absolute atomic E-state index is 0.0476. The number of halogens is 1. The smallest absolute Gasteiger partial charge is 0.272 e. The van der Waals surface area contributed by atoms with Crippen molar-refractivity contribution in [2.75, 3.05) is 24.9 Å². The van der Waals surface area contributed by atoms with Crippen LogP contribution in [0.2, 0.25) is 5.02 Å². The molecule has 4 aromatic carbocycles. The molecule has 4 aromatic rings. The summed E-state index contributed by atoms with van der Waals surface area (Å²) >= 11 is 7.48. The number of carbonyl (C=O) groups excluding carboxylic acids is 3. The predicted molar refractivity (Wildman–Crippen MR) is 177 cm³/mol. The topological polar surface area (TPSA) is 106 Å². The number of methoxy groups -OCH3 is 2. The molecule has 1 unspecified atom stereocenters. The zero-order valence-electron chi connectivity index (χ0n) is 24.4.